The van der Waals surface area contributed by atoms with Gasteiger partial charge >= 0.3 is 72.4 Å². The van der Waals surface area contributed by atoms with Crippen molar-refractivity contribution in [2.75, 3.05) is 18.7 Å². The monoisotopic (exact) mass is 371 g/mol. The number of hydrogen-bond acceptors (Lipinski definition) is 8. The molecule has 122 valence electrons. The molecule has 2 rings (SSSR count). The molecule has 3 atom stereocenters. The van der Waals surface area contributed by atoms with E-state index in [2.05, 4.69) is 4.98 Å². The number of aromatic nitrogens is 2. The number of nitrogens with two attached hydrogens (primary N) is 1. The maximum atomic E-state index is 11.8. The Balaban J connectivity index is 0.00000242. The Bertz CT molecular complexity index is 639. The van der Waals surface area contributed by atoms with Crippen molar-refractivity contribution in [2.45, 2.75) is 18.1 Å². The fourth-order valence-electron chi connectivity index (χ4n) is 1.86. The van der Waals surface area contributed by atoms with Gasteiger partial charge in [-0.1, -0.05) is 0 Å². The van der Waals surface area contributed by atoms with Crippen molar-refractivity contribution in [3.63, 3.8) is 0 Å². The number of hydrogen-bond donors (Lipinski definition) is 5. The SMILES string of the molecule is Nc1ccn([C@]2(OCP(=O)(O)O)OC[C@@H](O)[C@H]2O)c(=O)n1.[NaH].[NaH]. The molecule has 0 unspecified atom stereocenters. The van der Waals surface area contributed by atoms with Crippen molar-refractivity contribution in [3.8, 4) is 0 Å². The summed E-state index contributed by atoms with van der Waals surface area (Å²) in [5, 5.41) is 19.5. The predicted octanol–water partition coefficient (Wildman–Crippen LogP) is -3.96. The van der Waals surface area contributed by atoms with Gasteiger partial charge in [0, 0.05) is 6.20 Å². The molecule has 0 aliphatic carbocycles. The molecule has 0 bridgehead atoms. The van der Waals surface area contributed by atoms with Crippen LogP contribution in [0.2, 0.25) is 0 Å². The van der Waals surface area contributed by atoms with E-state index >= 15 is 0 Å². The number of nitrogens with zero attached hydrogens (tertiary/aromatic N) is 2. The van der Waals surface area contributed by atoms with Crippen molar-refractivity contribution < 1.29 is 34.0 Å². The van der Waals surface area contributed by atoms with Crippen LogP contribution in [-0.2, 0) is 19.9 Å². The van der Waals surface area contributed by atoms with E-state index in [9.17, 15) is 19.6 Å². The molecule has 0 saturated carbocycles. The molecular formula is C9H16N3Na2O8P. The van der Waals surface area contributed by atoms with E-state index in [0.717, 1.165) is 6.20 Å². The van der Waals surface area contributed by atoms with Crippen LogP contribution in [-0.4, -0.2) is 114 Å². The molecule has 14 heteroatoms. The fraction of sp³-hybridized carbons (Fsp3) is 0.556. The van der Waals surface area contributed by atoms with E-state index < -0.39 is 44.4 Å². The standard InChI is InChI=1S/C9H14N3O8P.2Na.2H/c10-6-1-2-12(8(15)11-6)9(20-4-21(16,17)18)7(14)5(13)3-19-9;;;;/h1-2,5,7,13-14H,3-4H2,(H2,10,11,15)(H2,16,17,18);;;;/t5-,7-,9+;;;;/m1..../s1. The summed E-state index contributed by atoms with van der Waals surface area (Å²) in [7, 11) is -4.61. The number of nitrogen functional groups attached to an aromatic ring is 1. The van der Waals surface area contributed by atoms with Crippen LogP contribution < -0.4 is 11.4 Å². The molecule has 1 aromatic heterocycles. The molecular weight excluding hydrogens is 355 g/mol. The first-order chi connectivity index (χ1) is 9.66. The van der Waals surface area contributed by atoms with Crippen LogP contribution in [0.15, 0.2) is 17.1 Å². The summed E-state index contributed by atoms with van der Waals surface area (Å²) in [6.07, 6.45) is -3.22. The average molecular weight is 371 g/mol. The fourth-order valence-corrected chi connectivity index (χ4v) is 2.22. The van der Waals surface area contributed by atoms with Gasteiger partial charge < -0.3 is 35.2 Å². The number of aliphatic hydroxyl groups is 2. The minimum absolute atomic E-state index is 0. The number of ether oxygens (including phenoxy) is 2. The zero-order chi connectivity index (χ0) is 15.8. The molecule has 6 N–H and O–H groups in total. The Morgan fingerprint density at radius 2 is 2.09 bits per heavy atom. The first kappa shape index (κ1) is 23.7. The van der Waals surface area contributed by atoms with Gasteiger partial charge in [0.2, 0.25) is 0 Å². The van der Waals surface area contributed by atoms with Crippen molar-refractivity contribution >= 4 is 72.5 Å². The molecule has 0 radical (unpaired) electrons. The first-order valence-corrected chi connectivity index (χ1v) is 7.50. The Morgan fingerprint density at radius 1 is 1.48 bits per heavy atom. The molecule has 1 saturated heterocycles. The summed E-state index contributed by atoms with van der Waals surface area (Å²) >= 11 is 0. The summed E-state index contributed by atoms with van der Waals surface area (Å²) in [6.45, 7) is -0.404. The zero-order valence-corrected chi connectivity index (χ0v) is 11.5. The average Bonchev–Trinajstić information content (AvgIpc) is 2.65. The second kappa shape index (κ2) is 8.86. The Morgan fingerprint density at radius 3 is 2.52 bits per heavy atom. The van der Waals surface area contributed by atoms with Gasteiger partial charge in [0.1, 0.15) is 11.9 Å². The van der Waals surface area contributed by atoms with Gasteiger partial charge in [-0.05, 0) is 6.07 Å². The maximum absolute atomic E-state index is 11.8. The number of anilines is 1. The van der Waals surface area contributed by atoms with Gasteiger partial charge in [0.25, 0.3) is 5.91 Å². The van der Waals surface area contributed by atoms with Crippen molar-refractivity contribution in [1.29, 1.82) is 0 Å². The van der Waals surface area contributed by atoms with E-state index in [0.29, 0.717) is 4.57 Å². The molecule has 1 aromatic rings. The van der Waals surface area contributed by atoms with Gasteiger partial charge in [-0.2, -0.15) is 4.98 Å². The third-order valence-corrected chi connectivity index (χ3v) is 3.27. The zero-order valence-electron chi connectivity index (χ0n) is 10.6. The summed E-state index contributed by atoms with van der Waals surface area (Å²) in [6, 6.07) is 1.20. The Labute approximate surface area is 174 Å². The Hall–Kier alpha value is 0.670. The van der Waals surface area contributed by atoms with Crippen LogP contribution >= 0.6 is 7.60 Å². The Kier molecular flexibility index (Phi) is 9.11. The number of rotatable bonds is 4. The van der Waals surface area contributed by atoms with Crippen molar-refractivity contribution in [2.24, 2.45) is 0 Å². The van der Waals surface area contributed by atoms with Gasteiger partial charge in [-0.15, -0.1) is 0 Å². The van der Waals surface area contributed by atoms with Crippen LogP contribution in [0.5, 0.6) is 0 Å². The predicted molar refractivity (Wildman–Crippen MR) is 81.1 cm³/mol. The molecule has 1 fully saturated rings. The van der Waals surface area contributed by atoms with Gasteiger partial charge in [-0.3, -0.25) is 4.57 Å². The van der Waals surface area contributed by atoms with Crippen LogP contribution in [0.1, 0.15) is 0 Å². The second-order valence-corrected chi connectivity index (χ2v) is 5.98. The summed E-state index contributed by atoms with van der Waals surface area (Å²) in [5.41, 5.74) is 4.35. The van der Waals surface area contributed by atoms with Gasteiger partial charge in [-0.25, -0.2) is 9.36 Å². The van der Waals surface area contributed by atoms with E-state index in [1.54, 1.807) is 0 Å². The second-order valence-electron chi connectivity index (χ2n) is 4.40. The normalized spacial score (nSPS) is 27.1. The molecule has 11 nitrogen and oxygen atoms in total. The van der Waals surface area contributed by atoms with Crippen LogP contribution in [0.25, 0.3) is 0 Å². The quantitative estimate of drug-likeness (QED) is 0.259. The minimum atomic E-state index is -4.61. The third kappa shape index (κ3) is 5.32. The topological polar surface area (TPSA) is 177 Å². The van der Waals surface area contributed by atoms with Crippen molar-refractivity contribution in [1.82, 2.24) is 9.55 Å². The molecule has 23 heavy (non-hydrogen) atoms. The summed E-state index contributed by atoms with van der Waals surface area (Å²) in [4.78, 5) is 33.0. The van der Waals surface area contributed by atoms with E-state index in [4.69, 9.17) is 25.0 Å². The molecule has 0 spiro atoms. The molecule has 1 aliphatic heterocycles. The molecule has 1 aliphatic rings. The molecule has 0 aromatic carbocycles. The first-order valence-electron chi connectivity index (χ1n) is 5.70. The third-order valence-electron chi connectivity index (χ3n) is 2.80. The van der Waals surface area contributed by atoms with E-state index in [1.165, 1.54) is 6.07 Å². The summed E-state index contributed by atoms with van der Waals surface area (Å²) in [5.74, 6) is -2.40. The van der Waals surface area contributed by atoms with Crippen LogP contribution in [0, 0.1) is 0 Å². The molecule has 2 heterocycles. The van der Waals surface area contributed by atoms with E-state index in [1.807, 2.05) is 0 Å². The van der Waals surface area contributed by atoms with Crippen LogP contribution in [0.3, 0.4) is 0 Å². The molecule has 0 amide bonds. The number of aliphatic hydroxyl groups excluding tert-OH is 2. The van der Waals surface area contributed by atoms with E-state index in [-0.39, 0.29) is 64.9 Å². The van der Waals surface area contributed by atoms with Gasteiger partial charge in [0.15, 0.2) is 12.5 Å². The van der Waals surface area contributed by atoms with Gasteiger partial charge in [0.05, 0.1) is 6.61 Å². The van der Waals surface area contributed by atoms with Crippen molar-refractivity contribution in [3.05, 3.63) is 22.7 Å². The van der Waals surface area contributed by atoms with Crippen LogP contribution in [0.4, 0.5) is 5.82 Å². The summed E-state index contributed by atoms with van der Waals surface area (Å²) < 4.78 is 21.6.